The number of aliphatic carboxylic acids is 1. The first-order valence-corrected chi connectivity index (χ1v) is 5.98. The number of carboxylic acids is 1. The summed E-state index contributed by atoms with van der Waals surface area (Å²) in [4.78, 5) is 22.5. The summed E-state index contributed by atoms with van der Waals surface area (Å²) in [5, 5.41) is 22.2. The molecule has 7 heteroatoms. The highest BCUT2D eigenvalue weighted by Gasteiger charge is 2.18. The number of halogens is 1. The molecule has 0 radical (unpaired) electrons. The maximum atomic E-state index is 13.1. The Balaban J connectivity index is 2.71. The fourth-order valence-corrected chi connectivity index (χ4v) is 1.56. The van der Waals surface area contributed by atoms with E-state index in [2.05, 4.69) is 10.6 Å². The van der Waals surface area contributed by atoms with Gasteiger partial charge < -0.3 is 15.7 Å². The van der Waals surface area contributed by atoms with Crippen molar-refractivity contribution in [1.82, 2.24) is 5.32 Å². The predicted octanol–water partition coefficient (Wildman–Crippen LogP) is 2.07. The summed E-state index contributed by atoms with van der Waals surface area (Å²) in [5.41, 5.74) is 0.00669. The quantitative estimate of drug-likeness (QED) is 0.767. The summed E-state index contributed by atoms with van der Waals surface area (Å²) >= 11 is 0. The van der Waals surface area contributed by atoms with Gasteiger partial charge in [0, 0.05) is 5.69 Å². The molecule has 1 rings (SSSR count). The third-order valence-electron chi connectivity index (χ3n) is 2.53. The predicted molar refractivity (Wildman–Crippen MR) is 69.6 cm³/mol. The molecule has 3 N–H and O–H groups in total. The number of amides is 2. The highest BCUT2D eigenvalue weighted by Crippen LogP contribution is 2.13. The normalized spacial score (nSPS) is 11.2. The van der Waals surface area contributed by atoms with E-state index in [-0.39, 0.29) is 11.3 Å². The van der Waals surface area contributed by atoms with Crippen molar-refractivity contribution in [3.05, 3.63) is 29.6 Å². The van der Waals surface area contributed by atoms with Crippen LogP contribution in [-0.4, -0.2) is 23.1 Å². The van der Waals surface area contributed by atoms with Gasteiger partial charge in [0.05, 0.1) is 5.56 Å². The zero-order chi connectivity index (χ0) is 15.1. The maximum absolute atomic E-state index is 13.1. The Labute approximate surface area is 115 Å². The molecule has 0 fully saturated rings. The second-order valence-electron chi connectivity index (χ2n) is 4.08. The van der Waals surface area contributed by atoms with Gasteiger partial charge in [-0.25, -0.2) is 14.0 Å². The van der Waals surface area contributed by atoms with E-state index < -0.39 is 23.9 Å². The molecule has 0 spiro atoms. The van der Waals surface area contributed by atoms with Crippen molar-refractivity contribution in [2.45, 2.75) is 25.8 Å². The number of hydrogen-bond acceptors (Lipinski definition) is 3. The van der Waals surface area contributed by atoms with Crippen molar-refractivity contribution in [1.29, 1.82) is 5.26 Å². The number of nitriles is 1. The molecule has 1 unspecified atom stereocenters. The van der Waals surface area contributed by atoms with Crippen molar-refractivity contribution in [3.63, 3.8) is 0 Å². The lowest BCUT2D eigenvalue weighted by Crippen LogP contribution is -2.42. The molecule has 20 heavy (non-hydrogen) atoms. The van der Waals surface area contributed by atoms with Gasteiger partial charge in [0.2, 0.25) is 0 Å². The van der Waals surface area contributed by atoms with Crippen LogP contribution in [0.1, 0.15) is 25.3 Å². The van der Waals surface area contributed by atoms with Crippen molar-refractivity contribution >= 4 is 17.7 Å². The zero-order valence-corrected chi connectivity index (χ0v) is 10.8. The number of nitrogens with one attached hydrogen (secondary N) is 2. The van der Waals surface area contributed by atoms with Gasteiger partial charge in [0.15, 0.2) is 0 Å². The maximum Gasteiger partial charge on any atom is 0.326 e. The molecule has 6 nitrogen and oxygen atoms in total. The number of urea groups is 1. The summed E-state index contributed by atoms with van der Waals surface area (Å²) in [7, 11) is 0. The van der Waals surface area contributed by atoms with Crippen LogP contribution in [0.25, 0.3) is 0 Å². The summed E-state index contributed by atoms with van der Waals surface area (Å²) in [6.07, 6.45) is 0.905. The third-order valence-corrected chi connectivity index (χ3v) is 2.53. The van der Waals surface area contributed by atoms with Crippen LogP contribution < -0.4 is 10.6 Å². The minimum atomic E-state index is -1.13. The molecule has 0 saturated carbocycles. The molecule has 0 bridgehead atoms. The monoisotopic (exact) mass is 279 g/mol. The lowest BCUT2D eigenvalue weighted by Gasteiger charge is -2.14. The number of carboxylic acid groups (broad SMARTS) is 1. The van der Waals surface area contributed by atoms with Gasteiger partial charge in [-0.15, -0.1) is 0 Å². The standard InChI is InChI=1S/C13H14FN3O3/c1-2-3-11(12(18)19)17-13(20)16-9-4-5-10(14)8(6-9)7-15/h4-6,11H,2-3H2,1H3,(H,18,19)(H2,16,17,20). The average Bonchev–Trinajstić information content (AvgIpc) is 2.40. The smallest absolute Gasteiger partial charge is 0.326 e. The first-order valence-electron chi connectivity index (χ1n) is 5.98. The first-order chi connectivity index (χ1) is 9.47. The van der Waals surface area contributed by atoms with Crippen LogP contribution in [0.5, 0.6) is 0 Å². The summed E-state index contributed by atoms with van der Waals surface area (Å²) < 4.78 is 13.1. The van der Waals surface area contributed by atoms with Crippen LogP contribution in [0, 0.1) is 17.1 Å². The van der Waals surface area contributed by atoms with E-state index >= 15 is 0 Å². The first kappa shape index (κ1) is 15.4. The van der Waals surface area contributed by atoms with Gasteiger partial charge in [-0.05, 0) is 24.6 Å². The van der Waals surface area contributed by atoms with Crippen LogP contribution >= 0.6 is 0 Å². The van der Waals surface area contributed by atoms with Crippen molar-refractivity contribution in [2.75, 3.05) is 5.32 Å². The van der Waals surface area contributed by atoms with Gasteiger partial charge in [-0.2, -0.15) is 5.26 Å². The van der Waals surface area contributed by atoms with E-state index in [0.717, 1.165) is 6.07 Å². The van der Waals surface area contributed by atoms with E-state index in [1.807, 2.05) is 0 Å². The van der Waals surface area contributed by atoms with Crippen LogP contribution in [0.4, 0.5) is 14.9 Å². The van der Waals surface area contributed by atoms with Gasteiger partial charge in [0.1, 0.15) is 17.9 Å². The molecule has 1 aromatic rings. The van der Waals surface area contributed by atoms with Crippen molar-refractivity contribution in [3.8, 4) is 6.07 Å². The number of anilines is 1. The van der Waals surface area contributed by atoms with Crippen LogP contribution in [0.15, 0.2) is 18.2 Å². The fraction of sp³-hybridized carbons (Fsp3) is 0.308. The minimum Gasteiger partial charge on any atom is -0.480 e. The SMILES string of the molecule is CCCC(NC(=O)Nc1ccc(F)c(C#N)c1)C(=O)O. The Bertz CT molecular complexity index is 554. The van der Waals surface area contributed by atoms with E-state index in [0.29, 0.717) is 12.8 Å². The average molecular weight is 279 g/mol. The molecule has 0 aliphatic heterocycles. The third kappa shape index (κ3) is 4.24. The topological polar surface area (TPSA) is 102 Å². The van der Waals surface area contributed by atoms with E-state index in [4.69, 9.17) is 10.4 Å². The van der Waals surface area contributed by atoms with E-state index in [1.165, 1.54) is 12.1 Å². The Kier molecular flexibility index (Phi) is 5.47. The summed E-state index contributed by atoms with van der Waals surface area (Å²) in [6, 6.07) is 3.44. The number of nitrogens with zero attached hydrogens (tertiary/aromatic N) is 1. The molecular weight excluding hydrogens is 265 g/mol. The van der Waals surface area contributed by atoms with Gasteiger partial charge in [-0.3, -0.25) is 0 Å². The van der Waals surface area contributed by atoms with Gasteiger partial charge in [-0.1, -0.05) is 13.3 Å². The second-order valence-corrected chi connectivity index (χ2v) is 4.08. The summed E-state index contributed by atoms with van der Waals surface area (Å²) in [6.45, 7) is 1.80. The second kappa shape index (κ2) is 7.09. The molecule has 0 heterocycles. The lowest BCUT2D eigenvalue weighted by molar-refractivity contribution is -0.139. The Hall–Kier alpha value is -2.62. The van der Waals surface area contributed by atoms with Crippen LogP contribution in [-0.2, 0) is 4.79 Å². The van der Waals surface area contributed by atoms with Gasteiger partial charge >= 0.3 is 12.0 Å². The molecule has 106 valence electrons. The molecular formula is C13H14FN3O3. The van der Waals surface area contributed by atoms with Crippen molar-refractivity contribution < 1.29 is 19.1 Å². The molecule has 1 atom stereocenters. The van der Waals surface area contributed by atoms with Gasteiger partial charge in [0.25, 0.3) is 0 Å². The minimum absolute atomic E-state index is 0.203. The number of carbonyl (C=O) groups excluding carboxylic acids is 1. The highest BCUT2D eigenvalue weighted by molar-refractivity contribution is 5.92. The molecule has 1 aromatic carbocycles. The van der Waals surface area contributed by atoms with E-state index in [1.54, 1.807) is 13.0 Å². The fourth-order valence-electron chi connectivity index (χ4n) is 1.56. The molecule has 0 saturated heterocycles. The van der Waals surface area contributed by atoms with Crippen LogP contribution in [0.3, 0.4) is 0 Å². The number of hydrogen-bond donors (Lipinski definition) is 3. The number of benzene rings is 1. The summed E-state index contributed by atoms with van der Waals surface area (Å²) in [5.74, 6) is -1.81. The molecule has 0 aliphatic carbocycles. The van der Waals surface area contributed by atoms with Crippen molar-refractivity contribution in [2.24, 2.45) is 0 Å². The Morgan fingerprint density at radius 1 is 1.50 bits per heavy atom. The Morgan fingerprint density at radius 3 is 2.75 bits per heavy atom. The van der Waals surface area contributed by atoms with Crippen LogP contribution in [0.2, 0.25) is 0 Å². The molecule has 2 amide bonds. The lowest BCUT2D eigenvalue weighted by atomic mass is 10.2. The largest absolute Gasteiger partial charge is 0.480 e. The highest BCUT2D eigenvalue weighted by atomic mass is 19.1. The molecule has 0 aromatic heterocycles. The van der Waals surface area contributed by atoms with E-state index in [9.17, 15) is 14.0 Å². The number of rotatable bonds is 5. The number of carbonyl (C=O) groups is 2. The zero-order valence-electron chi connectivity index (χ0n) is 10.8. The molecule has 0 aliphatic rings. The Morgan fingerprint density at radius 2 is 2.20 bits per heavy atom.